The van der Waals surface area contributed by atoms with Crippen LogP contribution < -0.4 is 15.7 Å². The molecule has 1 aliphatic rings. The number of piperidine rings is 1. The molecule has 0 bridgehead atoms. The average Bonchev–Trinajstić information content (AvgIpc) is 2.70. The van der Waals surface area contributed by atoms with Crippen molar-refractivity contribution in [3.63, 3.8) is 0 Å². The molecule has 2 heterocycles. The molecule has 0 spiro atoms. The van der Waals surface area contributed by atoms with Crippen molar-refractivity contribution >= 4 is 29.3 Å². The lowest BCUT2D eigenvalue weighted by atomic mass is 9.97. The van der Waals surface area contributed by atoms with E-state index >= 15 is 0 Å². The summed E-state index contributed by atoms with van der Waals surface area (Å²) in [7, 11) is 1.84. The van der Waals surface area contributed by atoms with E-state index in [1.807, 2.05) is 26.1 Å². The zero-order valence-electron chi connectivity index (χ0n) is 18.3. The average molecular weight is 437 g/mol. The molecule has 0 radical (unpaired) electrons. The molecule has 0 saturated carbocycles. The van der Waals surface area contributed by atoms with Crippen LogP contribution in [0.25, 0.3) is 11.0 Å². The van der Waals surface area contributed by atoms with Crippen LogP contribution in [0.15, 0.2) is 27.4 Å². The van der Waals surface area contributed by atoms with E-state index in [9.17, 15) is 9.59 Å². The number of hydrogen-bond acceptors (Lipinski definition) is 5. The molecule has 1 aromatic carbocycles. The Labute approximate surface area is 184 Å². The topological polar surface area (TPSA) is 71.8 Å². The largest absolute Gasteiger partial charge is 0.480 e. The van der Waals surface area contributed by atoms with Crippen LogP contribution in [0.4, 0.5) is 0 Å². The maximum atomic E-state index is 12.8. The highest BCUT2D eigenvalue weighted by atomic mass is 35.5. The maximum Gasteiger partial charge on any atom is 0.336 e. The minimum absolute atomic E-state index is 0. The summed E-state index contributed by atoms with van der Waals surface area (Å²) in [5.41, 5.74) is 1.92. The second kappa shape index (κ2) is 10.8. The Bertz CT molecular complexity index is 921. The van der Waals surface area contributed by atoms with Crippen molar-refractivity contribution in [1.29, 1.82) is 0 Å². The molecule has 1 aliphatic heterocycles. The zero-order valence-corrected chi connectivity index (χ0v) is 19.1. The summed E-state index contributed by atoms with van der Waals surface area (Å²) in [6.07, 6.45) is 3.34. The fourth-order valence-electron chi connectivity index (χ4n) is 4.10. The van der Waals surface area contributed by atoms with E-state index in [4.69, 9.17) is 9.15 Å². The van der Waals surface area contributed by atoms with Gasteiger partial charge in [0.05, 0.1) is 0 Å². The van der Waals surface area contributed by atoms with Crippen LogP contribution >= 0.6 is 12.4 Å². The van der Waals surface area contributed by atoms with Gasteiger partial charge >= 0.3 is 5.63 Å². The smallest absolute Gasteiger partial charge is 0.336 e. The molecule has 1 amide bonds. The van der Waals surface area contributed by atoms with Gasteiger partial charge in [-0.15, -0.1) is 12.4 Å². The van der Waals surface area contributed by atoms with Crippen molar-refractivity contribution in [3.05, 3.63) is 39.7 Å². The van der Waals surface area contributed by atoms with Gasteiger partial charge < -0.3 is 19.4 Å². The summed E-state index contributed by atoms with van der Waals surface area (Å²) < 4.78 is 11.5. The quantitative estimate of drug-likeness (QED) is 0.670. The first-order chi connectivity index (χ1) is 13.9. The number of nitrogens with zero attached hydrogens (tertiary/aromatic N) is 1. The van der Waals surface area contributed by atoms with Gasteiger partial charge in [0.15, 0.2) is 6.10 Å². The molecule has 1 unspecified atom stereocenters. The van der Waals surface area contributed by atoms with Gasteiger partial charge in [-0.1, -0.05) is 13.3 Å². The Kier molecular flexibility index (Phi) is 8.74. The summed E-state index contributed by atoms with van der Waals surface area (Å²) in [6, 6.07) is 5.35. The van der Waals surface area contributed by atoms with Crippen molar-refractivity contribution in [3.8, 4) is 5.75 Å². The zero-order chi connectivity index (χ0) is 21.0. The Morgan fingerprint density at radius 2 is 2.03 bits per heavy atom. The van der Waals surface area contributed by atoms with Gasteiger partial charge in [0.2, 0.25) is 0 Å². The summed E-state index contributed by atoms with van der Waals surface area (Å²) in [5, 5.41) is 4.28. The predicted molar refractivity (Wildman–Crippen MR) is 122 cm³/mol. The molecule has 3 rings (SSSR count). The molecule has 1 aromatic heterocycles. The number of aryl methyl sites for hydroxylation is 2. The normalized spacial score (nSPS) is 15.5. The minimum atomic E-state index is -0.608. The highest BCUT2D eigenvalue weighted by molar-refractivity contribution is 5.86. The molecule has 1 fully saturated rings. The lowest BCUT2D eigenvalue weighted by Gasteiger charge is -2.29. The van der Waals surface area contributed by atoms with Crippen LogP contribution in [-0.4, -0.2) is 43.6 Å². The number of nitrogens with one attached hydrogen (secondary N) is 1. The van der Waals surface area contributed by atoms with Crippen molar-refractivity contribution in [2.24, 2.45) is 5.92 Å². The van der Waals surface area contributed by atoms with E-state index in [1.165, 1.54) is 0 Å². The Morgan fingerprint density at radius 1 is 1.33 bits per heavy atom. The molecular weight excluding hydrogens is 404 g/mol. The van der Waals surface area contributed by atoms with Gasteiger partial charge in [-0.2, -0.15) is 0 Å². The Hall–Kier alpha value is -2.05. The molecule has 6 nitrogen and oxygen atoms in total. The van der Waals surface area contributed by atoms with Gasteiger partial charge in [0.1, 0.15) is 11.3 Å². The number of halogens is 1. The third-order valence-corrected chi connectivity index (χ3v) is 5.73. The molecule has 1 N–H and O–H groups in total. The number of fused-ring (bicyclic) bond motifs is 1. The summed E-state index contributed by atoms with van der Waals surface area (Å²) in [5.74, 6) is 1.07. The highest BCUT2D eigenvalue weighted by Gasteiger charge is 2.24. The molecule has 0 aliphatic carbocycles. The highest BCUT2D eigenvalue weighted by Crippen LogP contribution is 2.29. The molecule has 166 valence electrons. The monoisotopic (exact) mass is 436 g/mol. The van der Waals surface area contributed by atoms with E-state index in [1.54, 1.807) is 17.9 Å². The number of rotatable bonds is 7. The first kappa shape index (κ1) is 24.2. The van der Waals surface area contributed by atoms with E-state index in [0.29, 0.717) is 17.3 Å². The van der Waals surface area contributed by atoms with Crippen molar-refractivity contribution in [2.45, 2.75) is 52.6 Å². The van der Waals surface area contributed by atoms with Gasteiger partial charge in [0.25, 0.3) is 5.91 Å². The molecular formula is C23H33ClN2O4. The Morgan fingerprint density at radius 3 is 2.70 bits per heavy atom. The fourth-order valence-corrected chi connectivity index (χ4v) is 4.10. The van der Waals surface area contributed by atoms with Crippen LogP contribution in [-0.2, 0) is 11.2 Å². The number of amides is 1. The second-order valence-electron chi connectivity index (χ2n) is 8.08. The standard InChI is InChI=1S/C23H32N2O4.ClH/c1-5-6-18-13-21(26)29-22-15(2)20(8-7-19(18)22)28-16(3)23(27)25(4)14-17-9-11-24-12-10-17;/h7-8,13,16-17,24H,5-6,9-12,14H2,1-4H3;1H. The fraction of sp³-hybridized carbons (Fsp3) is 0.565. The lowest BCUT2D eigenvalue weighted by Crippen LogP contribution is -2.42. The molecule has 1 atom stereocenters. The van der Waals surface area contributed by atoms with Crippen molar-refractivity contribution in [2.75, 3.05) is 26.7 Å². The summed E-state index contributed by atoms with van der Waals surface area (Å²) in [4.78, 5) is 26.6. The van der Waals surface area contributed by atoms with Gasteiger partial charge in [0, 0.05) is 30.6 Å². The molecule has 2 aromatic rings. The molecule has 30 heavy (non-hydrogen) atoms. The lowest BCUT2D eigenvalue weighted by molar-refractivity contribution is -0.137. The third-order valence-electron chi connectivity index (χ3n) is 5.73. The molecule has 1 saturated heterocycles. The number of hydrogen-bond donors (Lipinski definition) is 1. The van der Waals surface area contributed by atoms with E-state index in [-0.39, 0.29) is 23.9 Å². The molecule has 7 heteroatoms. The van der Waals surface area contributed by atoms with Crippen LogP contribution in [0.1, 0.15) is 44.2 Å². The predicted octanol–water partition coefficient (Wildman–Crippen LogP) is 3.70. The first-order valence-electron chi connectivity index (χ1n) is 10.6. The third kappa shape index (κ3) is 5.55. The van der Waals surface area contributed by atoms with Gasteiger partial charge in [-0.3, -0.25) is 4.79 Å². The van der Waals surface area contributed by atoms with Crippen molar-refractivity contribution in [1.82, 2.24) is 10.2 Å². The minimum Gasteiger partial charge on any atom is -0.480 e. The van der Waals surface area contributed by atoms with Gasteiger partial charge in [-0.25, -0.2) is 4.79 Å². The number of carbonyl (C=O) groups is 1. The van der Waals surface area contributed by atoms with Crippen LogP contribution in [0.2, 0.25) is 0 Å². The Balaban J connectivity index is 0.00000320. The van der Waals surface area contributed by atoms with Crippen LogP contribution in [0.5, 0.6) is 5.75 Å². The summed E-state index contributed by atoms with van der Waals surface area (Å²) in [6.45, 7) is 8.50. The van der Waals surface area contributed by atoms with E-state index < -0.39 is 6.10 Å². The van der Waals surface area contributed by atoms with Crippen LogP contribution in [0, 0.1) is 12.8 Å². The number of likely N-dealkylation sites (N-methyl/N-ethyl adjacent to an activating group) is 1. The number of carbonyl (C=O) groups excluding carboxylic acids is 1. The van der Waals surface area contributed by atoms with Crippen LogP contribution in [0.3, 0.4) is 0 Å². The number of ether oxygens (including phenoxy) is 1. The van der Waals surface area contributed by atoms with E-state index in [0.717, 1.165) is 61.8 Å². The number of benzene rings is 1. The first-order valence-corrected chi connectivity index (χ1v) is 10.6. The SMILES string of the molecule is CCCc1cc(=O)oc2c(C)c(OC(C)C(=O)N(C)CC3CCNCC3)ccc12.Cl. The van der Waals surface area contributed by atoms with Gasteiger partial charge in [-0.05, 0) is 69.8 Å². The van der Waals surface area contributed by atoms with E-state index in [2.05, 4.69) is 12.2 Å². The maximum absolute atomic E-state index is 12.8. The summed E-state index contributed by atoms with van der Waals surface area (Å²) >= 11 is 0. The van der Waals surface area contributed by atoms with Crippen molar-refractivity contribution < 1.29 is 13.9 Å². The second-order valence-corrected chi connectivity index (χ2v) is 8.08.